The van der Waals surface area contributed by atoms with Crippen LogP contribution < -0.4 is 5.32 Å². The van der Waals surface area contributed by atoms with Gasteiger partial charge in [0.05, 0.1) is 0 Å². The first-order valence-electron chi connectivity index (χ1n) is 7.25. The lowest BCUT2D eigenvalue weighted by Crippen LogP contribution is -2.56. The molecule has 20 heavy (non-hydrogen) atoms. The second-order valence-corrected chi connectivity index (χ2v) is 5.91. The summed E-state index contributed by atoms with van der Waals surface area (Å²) >= 11 is 0. The fourth-order valence-electron chi connectivity index (χ4n) is 2.90. The van der Waals surface area contributed by atoms with E-state index in [4.69, 9.17) is 0 Å². The molecule has 1 amide bonds. The van der Waals surface area contributed by atoms with Crippen LogP contribution in [0.2, 0.25) is 0 Å². The molecule has 0 spiro atoms. The van der Waals surface area contributed by atoms with Gasteiger partial charge >= 0.3 is 0 Å². The van der Waals surface area contributed by atoms with Crippen molar-refractivity contribution >= 4 is 5.91 Å². The highest BCUT2D eigenvalue weighted by Gasteiger charge is 2.28. The van der Waals surface area contributed by atoms with Gasteiger partial charge in [-0.15, -0.1) is 0 Å². The lowest BCUT2D eigenvalue weighted by molar-refractivity contribution is -0.136. The molecule has 110 valence electrons. The van der Waals surface area contributed by atoms with E-state index in [0.717, 1.165) is 13.1 Å². The molecule has 4 heteroatoms. The van der Waals surface area contributed by atoms with E-state index >= 15 is 0 Å². The van der Waals surface area contributed by atoms with Crippen LogP contribution in [0.5, 0.6) is 0 Å². The summed E-state index contributed by atoms with van der Waals surface area (Å²) < 4.78 is 13.6. The first-order chi connectivity index (χ1) is 9.47. The number of piperazine rings is 1. The van der Waals surface area contributed by atoms with Gasteiger partial charge in [0.2, 0.25) is 5.91 Å². The summed E-state index contributed by atoms with van der Waals surface area (Å²) in [7, 11) is 0. The Labute approximate surface area is 120 Å². The molecule has 0 unspecified atom stereocenters. The number of rotatable bonds is 3. The van der Waals surface area contributed by atoms with Crippen molar-refractivity contribution < 1.29 is 9.18 Å². The van der Waals surface area contributed by atoms with Crippen LogP contribution in [0.15, 0.2) is 24.3 Å². The fourth-order valence-corrected chi connectivity index (χ4v) is 2.90. The van der Waals surface area contributed by atoms with Gasteiger partial charge in [-0.3, -0.25) is 4.79 Å². The molecule has 1 heterocycles. The number of benzene rings is 1. The molecule has 1 fully saturated rings. The van der Waals surface area contributed by atoms with Crippen LogP contribution in [0.25, 0.3) is 0 Å². The average molecular weight is 278 g/mol. The Bertz CT molecular complexity index is 467. The highest BCUT2D eigenvalue weighted by molar-refractivity contribution is 5.79. The molecule has 3 atom stereocenters. The van der Waals surface area contributed by atoms with Gasteiger partial charge in [0.25, 0.3) is 0 Å². The van der Waals surface area contributed by atoms with Gasteiger partial charge in [-0.05, 0) is 31.9 Å². The quantitative estimate of drug-likeness (QED) is 0.919. The number of carbonyl (C=O) groups excluding carboxylic acids is 1. The van der Waals surface area contributed by atoms with Gasteiger partial charge in [-0.25, -0.2) is 4.39 Å². The lowest BCUT2D eigenvalue weighted by atomic mass is 9.98. The summed E-state index contributed by atoms with van der Waals surface area (Å²) in [5.74, 6) is -0.299. The first kappa shape index (κ1) is 15.0. The topological polar surface area (TPSA) is 32.3 Å². The van der Waals surface area contributed by atoms with Crippen LogP contribution in [0.4, 0.5) is 4.39 Å². The van der Waals surface area contributed by atoms with Crippen molar-refractivity contribution in [2.75, 3.05) is 13.1 Å². The molecule has 1 aromatic carbocycles. The van der Waals surface area contributed by atoms with Gasteiger partial charge < -0.3 is 10.2 Å². The monoisotopic (exact) mass is 278 g/mol. The highest BCUT2D eigenvalue weighted by atomic mass is 19.1. The Morgan fingerprint density at radius 2 is 1.95 bits per heavy atom. The molecule has 2 rings (SSSR count). The normalized spacial score (nSPS) is 24.5. The molecule has 0 aliphatic carbocycles. The maximum atomic E-state index is 13.6. The van der Waals surface area contributed by atoms with Crippen molar-refractivity contribution in [2.45, 2.75) is 39.3 Å². The minimum absolute atomic E-state index is 0.119. The smallest absolute Gasteiger partial charge is 0.225 e. The van der Waals surface area contributed by atoms with Gasteiger partial charge in [-0.2, -0.15) is 0 Å². The fraction of sp³-hybridized carbons (Fsp3) is 0.562. The molecule has 0 radical (unpaired) electrons. The molecule has 3 nitrogen and oxygen atoms in total. The molecule has 1 aliphatic heterocycles. The number of hydrogen-bond donors (Lipinski definition) is 1. The molecule has 1 saturated heterocycles. The molecule has 1 aliphatic rings. The van der Waals surface area contributed by atoms with E-state index in [-0.39, 0.29) is 17.6 Å². The third kappa shape index (κ3) is 3.57. The predicted molar refractivity (Wildman–Crippen MR) is 77.9 cm³/mol. The molecule has 1 aromatic rings. The second kappa shape index (κ2) is 6.35. The third-order valence-corrected chi connectivity index (χ3v) is 3.77. The molecule has 0 bridgehead atoms. The van der Waals surface area contributed by atoms with Gasteiger partial charge in [0.1, 0.15) is 5.82 Å². The lowest BCUT2D eigenvalue weighted by Gasteiger charge is -2.37. The molecule has 0 saturated carbocycles. The average Bonchev–Trinajstić information content (AvgIpc) is 2.39. The first-order valence-corrected chi connectivity index (χ1v) is 7.25. The van der Waals surface area contributed by atoms with Gasteiger partial charge in [0, 0.05) is 31.1 Å². The Hall–Kier alpha value is -1.42. The Balaban J connectivity index is 2.00. The van der Waals surface area contributed by atoms with Crippen molar-refractivity contribution in [3.05, 3.63) is 35.6 Å². The van der Waals surface area contributed by atoms with E-state index in [2.05, 4.69) is 19.2 Å². The zero-order valence-electron chi connectivity index (χ0n) is 12.4. The van der Waals surface area contributed by atoms with Crippen LogP contribution >= 0.6 is 0 Å². The summed E-state index contributed by atoms with van der Waals surface area (Å²) in [5, 5.41) is 3.41. The minimum atomic E-state index is -0.228. The highest BCUT2D eigenvalue weighted by Crippen LogP contribution is 2.16. The largest absolute Gasteiger partial charge is 0.339 e. The number of hydrogen-bond acceptors (Lipinski definition) is 2. The van der Waals surface area contributed by atoms with Crippen LogP contribution in [-0.4, -0.2) is 36.0 Å². The van der Waals surface area contributed by atoms with Gasteiger partial charge in [-0.1, -0.05) is 25.1 Å². The van der Waals surface area contributed by atoms with Crippen LogP contribution in [0.3, 0.4) is 0 Å². The maximum absolute atomic E-state index is 13.6. The number of carbonyl (C=O) groups is 1. The summed E-state index contributed by atoms with van der Waals surface area (Å²) in [6.07, 6.45) is 0.457. The summed E-state index contributed by atoms with van der Waals surface area (Å²) in [4.78, 5) is 14.4. The van der Waals surface area contributed by atoms with E-state index in [1.54, 1.807) is 12.1 Å². The van der Waals surface area contributed by atoms with E-state index in [0.29, 0.717) is 24.1 Å². The van der Waals surface area contributed by atoms with Crippen molar-refractivity contribution in [3.63, 3.8) is 0 Å². The third-order valence-electron chi connectivity index (χ3n) is 3.77. The second-order valence-electron chi connectivity index (χ2n) is 5.91. The van der Waals surface area contributed by atoms with Crippen molar-refractivity contribution in [2.24, 2.45) is 5.92 Å². The summed E-state index contributed by atoms with van der Waals surface area (Å²) in [6.45, 7) is 7.50. The van der Waals surface area contributed by atoms with E-state index in [9.17, 15) is 9.18 Å². The number of nitrogens with one attached hydrogen (secondary N) is 1. The van der Waals surface area contributed by atoms with Gasteiger partial charge in [0.15, 0.2) is 0 Å². The van der Waals surface area contributed by atoms with Crippen molar-refractivity contribution in [3.8, 4) is 0 Å². The summed E-state index contributed by atoms with van der Waals surface area (Å²) in [6, 6.07) is 7.30. The van der Waals surface area contributed by atoms with Crippen molar-refractivity contribution in [1.29, 1.82) is 0 Å². The minimum Gasteiger partial charge on any atom is -0.339 e. The number of amides is 1. The number of halogens is 1. The van der Waals surface area contributed by atoms with E-state index < -0.39 is 0 Å². The zero-order valence-corrected chi connectivity index (χ0v) is 12.4. The molecule has 1 N–H and O–H groups in total. The van der Waals surface area contributed by atoms with Crippen LogP contribution in [0, 0.1) is 11.7 Å². The van der Waals surface area contributed by atoms with Crippen LogP contribution in [0.1, 0.15) is 26.3 Å². The Morgan fingerprint density at radius 1 is 1.35 bits per heavy atom. The summed E-state index contributed by atoms with van der Waals surface area (Å²) in [5.41, 5.74) is 0.615. The van der Waals surface area contributed by atoms with Crippen LogP contribution in [-0.2, 0) is 11.2 Å². The van der Waals surface area contributed by atoms with Crippen molar-refractivity contribution in [1.82, 2.24) is 10.2 Å². The predicted octanol–water partition coefficient (Wildman–Crippen LogP) is 2.21. The molecule has 0 aromatic heterocycles. The molecular formula is C16H23FN2O. The Morgan fingerprint density at radius 3 is 2.55 bits per heavy atom. The Kier molecular flexibility index (Phi) is 4.76. The SMILES string of the molecule is C[C@@H]1CN(C(=O)[C@@H](C)Cc2ccccc2F)C[C@H](C)N1. The zero-order chi connectivity index (χ0) is 14.7. The van der Waals surface area contributed by atoms with E-state index in [1.807, 2.05) is 17.9 Å². The standard InChI is InChI=1S/C16H23FN2O/c1-11(8-14-6-4-5-7-15(14)17)16(20)19-9-12(2)18-13(3)10-19/h4-7,11-13,18H,8-10H2,1-3H3/t11-,12-,13+/m0/s1. The number of nitrogens with zero attached hydrogens (tertiary/aromatic N) is 1. The molecular weight excluding hydrogens is 255 g/mol. The maximum Gasteiger partial charge on any atom is 0.225 e. The van der Waals surface area contributed by atoms with E-state index in [1.165, 1.54) is 6.07 Å².